The van der Waals surface area contributed by atoms with Crippen LogP contribution < -0.4 is 14.2 Å². The minimum atomic E-state index is -0.228. The van der Waals surface area contributed by atoms with Crippen molar-refractivity contribution < 1.29 is 28.5 Å². The van der Waals surface area contributed by atoms with Gasteiger partial charge >= 0.3 is 0 Å². The fraction of sp³-hybridized carbons (Fsp3) is 0.435. The number of rotatable bonds is 9. The van der Waals surface area contributed by atoms with Crippen LogP contribution in [0.5, 0.6) is 17.2 Å². The molecule has 1 heterocycles. The molecule has 2 aromatic carbocycles. The van der Waals surface area contributed by atoms with Crippen molar-refractivity contribution in [1.29, 1.82) is 0 Å². The summed E-state index contributed by atoms with van der Waals surface area (Å²) in [5, 5.41) is 1.12. The molecule has 1 atom stereocenters. The summed E-state index contributed by atoms with van der Waals surface area (Å²) >= 11 is 12.4. The molecule has 0 aromatic heterocycles. The van der Waals surface area contributed by atoms with E-state index in [-0.39, 0.29) is 25.0 Å². The van der Waals surface area contributed by atoms with Gasteiger partial charge in [-0.1, -0.05) is 29.3 Å². The van der Waals surface area contributed by atoms with Gasteiger partial charge in [0.1, 0.15) is 0 Å². The van der Waals surface area contributed by atoms with Crippen molar-refractivity contribution in [3.63, 3.8) is 0 Å². The average Bonchev–Trinajstić information content (AvgIpc) is 2.80. The maximum absolute atomic E-state index is 12.9. The molecule has 174 valence electrons. The van der Waals surface area contributed by atoms with E-state index < -0.39 is 0 Å². The predicted octanol–water partition coefficient (Wildman–Crippen LogP) is 4.01. The fourth-order valence-corrected chi connectivity index (χ4v) is 4.04. The first-order chi connectivity index (χ1) is 15.5. The third-order valence-corrected chi connectivity index (χ3v) is 5.89. The van der Waals surface area contributed by atoms with Gasteiger partial charge in [-0.25, -0.2) is 0 Å². The van der Waals surface area contributed by atoms with Crippen LogP contribution in [-0.2, 0) is 27.3 Å². The van der Waals surface area contributed by atoms with Crippen molar-refractivity contribution in [2.24, 2.45) is 0 Å². The minimum absolute atomic E-state index is 0.0123. The second-order valence-corrected chi connectivity index (χ2v) is 8.07. The molecule has 1 amide bonds. The summed E-state index contributed by atoms with van der Waals surface area (Å²) in [7, 11) is 4.64. The van der Waals surface area contributed by atoms with Gasteiger partial charge in [0.25, 0.3) is 0 Å². The SMILES string of the molecule is COc1cc(CC(=O)N2CCOC(COCc3c(Cl)cccc3Cl)C2)cc(OC)c1OC. The van der Waals surface area contributed by atoms with Gasteiger partial charge < -0.3 is 28.6 Å². The number of nitrogens with zero attached hydrogens (tertiary/aromatic N) is 1. The first kappa shape index (κ1) is 24.5. The van der Waals surface area contributed by atoms with E-state index in [1.54, 1.807) is 56.6 Å². The first-order valence-electron chi connectivity index (χ1n) is 10.2. The highest BCUT2D eigenvalue weighted by atomic mass is 35.5. The monoisotopic (exact) mass is 483 g/mol. The molecular weight excluding hydrogens is 457 g/mol. The summed E-state index contributed by atoms with van der Waals surface area (Å²) in [6.07, 6.45) is -0.0200. The molecular formula is C23H27Cl2NO6. The zero-order valence-electron chi connectivity index (χ0n) is 18.4. The lowest BCUT2D eigenvalue weighted by molar-refractivity contribution is -0.140. The zero-order valence-corrected chi connectivity index (χ0v) is 19.9. The maximum Gasteiger partial charge on any atom is 0.227 e. The molecule has 32 heavy (non-hydrogen) atoms. The van der Waals surface area contributed by atoms with E-state index in [0.717, 1.165) is 11.1 Å². The molecule has 0 saturated carbocycles. The number of carbonyl (C=O) groups is 1. The molecule has 0 radical (unpaired) electrons. The molecule has 2 aromatic rings. The number of methoxy groups -OCH3 is 3. The van der Waals surface area contributed by atoms with E-state index in [0.29, 0.717) is 53.6 Å². The van der Waals surface area contributed by atoms with Gasteiger partial charge in [-0.15, -0.1) is 0 Å². The van der Waals surface area contributed by atoms with Crippen molar-refractivity contribution >= 4 is 29.1 Å². The smallest absolute Gasteiger partial charge is 0.227 e. The first-order valence-corrected chi connectivity index (χ1v) is 10.9. The second-order valence-electron chi connectivity index (χ2n) is 7.26. The molecule has 1 saturated heterocycles. The highest BCUT2D eigenvalue weighted by Gasteiger charge is 2.25. The van der Waals surface area contributed by atoms with Gasteiger partial charge in [-0.2, -0.15) is 0 Å². The van der Waals surface area contributed by atoms with Crippen LogP contribution >= 0.6 is 23.2 Å². The Morgan fingerprint density at radius 2 is 1.75 bits per heavy atom. The number of ether oxygens (including phenoxy) is 5. The Morgan fingerprint density at radius 1 is 1.09 bits per heavy atom. The lowest BCUT2D eigenvalue weighted by Crippen LogP contribution is -2.47. The fourth-order valence-electron chi connectivity index (χ4n) is 3.53. The Labute approximate surface area is 198 Å². The highest BCUT2D eigenvalue weighted by Crippen LogP contribution is 2.38. The van der Waals surface area contributed by atoms with Gasteiger partial charge in [-0.05, 0) is 29.8 Å². The van der Waals surface area contributed by atoms with Gasteiger partial charge in [-0.3, -0.25) is 4.79 Å². The molecule has 1 unspecified atom stereocenters. The number of carbonyl (C=O) groups excluding carboxylic acids is 1. The summed E-state index contributed by atoms with van der Waals surface area (Å²) in [6.45, 7) is 2.02. The predicted molar refractivity (Wildman–Crippen MR) is 122 cm³/mol. The lowest BCUT2D eigenvalue weighted by Gasteiger charge is -2.33. The lowest BCUT2D eigenvalue weighted by atomic mass is 10.1. The van der Waals surface area contributed by atoms with Crippen molar-refractivity contribution in [3.8, 4) is 17.2 Å². The van der Waals surface area contributed by atoms with Crippen molar-refractivity contribution in [2.45, 2.75) is 19.1 Å². The van der Waals surface area contributed by atoms with E-state index in [1.807, 2.05) is 0 Å². The molecule has 0 bridgehead atoms. The summed E-state index contributed by atoms with van der Waals surface area (Å²) in [4.78, 5) is 14.7. The Kier molecular flexibility index (Phi) is 8.87. The van der Waals surface area contributed by atoms with Gasteiger partial charge in [0, 0.05) is 28.7 Å². The number of halogens is 2. The minimum Gasteiger partial charge on any atom is -0.493 e. The Morgan fingerprint density at radius 3 is 2.34 bits per heavy atom. The highest BCUT2D eigenvalue weighted by molar-refractivity contribution is 6.35. The van der Waals surface area contributed by atoms with Gasteiger partial charge in [0.15, 0.2) is 11.5 Å². The summed E-state index contributed by atoms with van der Waals surface area (Å²) in [6, 6.07) is 8.90. The molecule has 7 nitrogen and oxygen atoms in total. The molecule has 9 heteroatoms. The Balaban J connectivity index is 1.57. The normalized spacial score (nSPS) is 16.0. The average molecular weight is 484 g/mol. The topological polar surface area (TPSA) is 66.5 Å². The standard InChI is InChI=1S/C23H27Cl2NO6/c1-28-20-9-15(10-21(29-2)23(20)30-3)11-22(27)26-7-8-32-16(12-26)13-31-14-17-18(24)5-4-6-19(17)25/h4-6,9-10,16H,7-8,11-14H2,1-3H3. The van der Waals surface area contributed by atoms with Crippen molar-refractivity contribution in [3.05, 3.63) is 51.5 Å². The van der Waals surface area contributed by atoms with Crippen molar-refractivity contribution in [2.75, 3.05) is 47.6 Å². The second kappa shape index (κ2) is 11.6. The summed E-state index contributed by atoms with van der Waals surface area (Å²) in [5.74, 6) is 1.51. The van der Waals surface area contributed by atoms with Crippen LogP contribution in [-0.4, -0.2) is 64.5 Å². The molecule has 0 aliphatic carbocycles. The third kappa shape index (κ3) is 5.98. The van der Waals surface area contributed by atoms with E-state index in [9.17, 15) is 4.79 Å². The van der Waals surface area contributed by atoms with Crippen LogP contribution in [0.25, 0.3) is 0 Å². The molecule has 0 N–H and O–H groups in total. The number of amides is 1. The Bertz CT molecular complexity index is 893. The summed E-state index contributed by atoms with van der Waals surface area (Å²) in [5.41, 5.74) is 1.51. The van der Waals surface area contributed by atoms with Crippen LogP contribution in [0.2, 0.25) is 10.0 Å². The molecule has 1 aliphatic heterocycles. The number of hydrogen-bond acceptors (Lipinski definition) is 6. The van der Waals surface area contributed by atoms with E-state index in [1.165, 1.54) is 0 Å². The van der Waals surface area contributed by atoms with Crippen LogP contribution in [0.4, 0.5) is 0 Å². The Hall–Kier alpha value is -2.19. The van der Waals surface area contributed by atoms with Crippen LogP contribution in [0, 0.1) is 0 Å². The van der Waals surface area contributed by atoms with Gasteiger partial charge in [0.2, 0.25) is 11.7 Å². The number of hydrogen-bond donors (Lipinski definition) is 0. The third-order valence-electron chi connectivity index (χ3n) is 5.18. The van der Waals surface area contributed by atoms with E-state index in [2.05, 4.69) is 0 Å². The molecule has 1 fully saturated rings. The summed E-state index contributed by atoms with van der Waals surface area (Å²) < 4.78 is 27.6. The van der Waals surface area contributed by atoms with Crippen LogP contribution in [0.1, 0.15) is 11.1 Å². The number of benzene rings is 2. The van der Waals surface area contributed by atoms with E-state index >= 15 is 0 Å². The maximum atomic E-state index is 12.9. The number of morpholine rings is 1. The van der Waals surface area contributed by atoms with Gasteiger partial charge in [0.05, 0.1) is 53.7 Å². The molecule has 3 rings (SSSR count). The largest absolute Gasteiger partial charge is 0.493 e. The zero-order chi connectivity index (χ0) is 23.1. The molecule has 0 spiro atoms. The molecule has 1 aliphatic rings. The van der Waals surface area contributed by atoms with Crippen LogP contribution in [0.3, 0.4) is 0 Å². The van der Waals surface area contributed by atoms with Crippen LogP contribution in [0.15, 0.2) is 30.3 Å². The van der Waals surface area contributed by atoms with E-state index in [4.69, 9.17) is 46.9 Å². The van der Waals surface area contributed by atoms with Crippen molar-refractivity contribution in [1.82, 2.24) is 4.90 Å². The quantitative estimate of drug-likeness (QED) is 0.536.